The van der Waals surface area contributed by atoms with E-state index in [1.807, 2.05) is 11.8 Å². The highest BCUT2D eigenvalue weighted by Gasteiger charge is 2.22. The van der Waals surface area contributed by atoms with E-state index >= 15 is 0 Å². The summed E-state index contributed by atoms with van der Waals surface area (Å²) in [6, 6.07) is 8.20. The van der Waals surface area contributed by atoms with Gasteiger partial charge in [-0.25, -0.2) is 4.98 Å². The largest absolute Gasteiger partial charge is 0.324 e. The maximum atomic E-state index is 12.8. The molecule has 0 spiro atoms. The first-order chi connectivity index (χ1) is 14.4. The highest BCUT2D eigenvalue weighted by atomic mass is 35.5. The van der Waals surface area contributed by atoms with Gasteiger partial charge < -0.3 is 5.32 Å². The lowest BCUT2D eigenvalue weighted by Crippen LogP contribution is -2.25. The molecule has 5 nitrogen and oxygen atoms in total. The van der Waals surface area contributed by atoms with Crippen LogP contribution >= 0.6 is 23.4 Å². The van der Waals surface area contributed by atoms with Crippen molar-refractivity contribution in [3.05, 3.63) is 51.4 Å². The Kier molecular flexibility index (Phi) is 6.34. The summed E-state index contributed by atoms with van der Waals surface area (Å²) in [4.78, 5) is 23.2. The minimum Gasteiger partial charge on any atom is -0.324 e. The van der Waals surface area contributed by atoms with Crippen LogP contribution in [0.5, 0.6) is 0 Å². The fraction of sp³-hybridized carbons (Fsp3) is 0.435. The van der Waals surface area contributed by atoms with E-state index in [2.05, 4.69) is 49.3 Å². The zero-order valence-electron chi connectivity index (χ0n) is 17.6. The molecule has 0 atom stereocenters. The molecule has 1 saturated carbocycles. The van der Waals surface area contributed by atoms with Gasteiger partial charge in [0, 0.05) is 34.0 Å². The Hall–Kier alpha value is -2.05. The fourth-order valence-electron chi connectivity index (χ4n) is 3.90. The summed E-state index contributed by atoms with van der Waals surface area (Å²) in [5.41, 5.74) is 2.59. The van der Waals surface area contributed by atoms with E-state index < -0.39 is 0 Å². The standard InChI is InChI=1S/C23H27ClN4OS/c1-14(2)13-30-18-8-9-20(15(3)10-18)26-23-25-12-16-11-19(24)22(29)28(21(16)27-23)17-6-4-5-7-17/h8-12,14,17H,4-7,13H2,1-3H3,(H,25,26,27). The lowest BCUT2D eigenvalue weighted by atomic mass is 10.2. The number of aryl methyl sites for hydroxylation is 1. The monoisotopic (exact) mass is 442 g/mol. The van der Waals surface area contributed by atoms with Crippen LogP contribution in [0.1, 0.15) is 51.1 Å². The van der Waals surface area contributed by atoms with Gasteiger partial charge in [0.1, 0.15) is 10.7 Å². The van der Waals surface area contributed by atoms with Gasteiger partial charge in [-0.2, -0.15) is 4.98 Å². The first-order valence-corrected chi connectivity index (χ1v) is 11.9. The number of rotatable bonds is 6. The fourth-order valence-corrected chi connectivity index (χ4v) is 5.06. The second kappa shape index (κ2) is 8.98. The Morgan fingerprint density at radius 1 is 1.27 bits per heavy atom. The predicted molar refractivity (Wildman–Crippen MR) is 126 cm³/mol. The molecule has 0 bridgehead atoms. The number of hydrogen-bond donors (Lipinski definition) is 1. The summed E-state index contributed by atoms with van der Waals surface area (Å²) >= 11 is 8.08. The van der Waals surface area contributed by atoms with Crippen LogP contribution in [0.25, 0.3) is 11.0 Å². The van der Waals surface area contributed by atoms with E-state index in [9.17, 15) is 4.79 Å². The van der Waals surface area contributed by atoms with Crippen LogP contribution in [0.3, 0.4) is 0 Å². The maximum Gasteiger partial charge on any atom is 0.271 e. The molecular formula is C23H27ClN4OS. The van der Waals surface area contributed by atoms with E-state index in [-0.39, 0.29) is 16.6 Å². The average Bonchev–Trinajstić information content (AvgIpc) is 3.24. The van der Waals surface area contributed by atoms with Gasteiger partial charge in [-0.05, 0) is 55.5 Å². The highest BCUT2D eigenvalue weighted by molar-refractivity contribution is 7.99. The smallest absolute Gasteiger partial charge is 0.271 e. The van der Waals surface area contributed by atoms with Crippen molar-refractivity contribution in [2.45, 2.75) is 57.4 Å². The molecule has 3 aromatic rings. The molecule has 30 heavy (non-hydrogen) atoms. The molecule has 0 aliphatic heterocycles. The number of nitrogens with zero attached hydrogens (tertiary/aromatic N) is 3. The molecule has 1 fully saturated rings. The molecule has 0 amide bonds. The number of halogens is 1. The predicted octanol–water partition coefficient (Wildman–Crippen LogP) is 6.36. The van der Waals surface area contributed by atoms with Crippen molar-refractivity contribution >= 4 is 46.0 Å². The molecule has 1 aromatic carbocycles. The topological polar surface area (TPSA) is 59.8 Å². The van der Waals surface area contributed by atoms with E-state index in [1.165, 1.54) is 4.90 Å². The number of anilines is 2. The van der Waals surface area contributed by atoms with Gasteiger partial charge in [-0.3, -0.25) is 9.36 Å². The van der Waals surface area contributed by atoms with Crippen LogP contribution in [0.15, 0.2) is 40.2 Å². The van der Waals surface area contributed by atoms with E-state index in [0.29, 0.717) is 17.5 Å². The summed E-state index contributed by atoms with van der Waals surface area (Å²) in [7, 11) is 0. The van der Waals surface area contributed by atoms with Crippen LogP contribution in [0.4, 0.5) is 11.6 Å². The Balaban J connectivity index is 1.66. The third-order valence-electron chi connectivity index (χ3n) is 5.45. The van der Waals surface area contributed by atoms with Crippen molar-refractivity contribution in [1.82, 2.24) is 14.5 Å². The Bertz CT molecular complexity index is 1120. The summed E-state index contributed by atoms with van der Waals surface area (Å²) in [5.74, 6) is 2.24. The molecule has 1 aliphatic carbocycles. The van der Waals surface area contributed by atoms with Gasteiger partial charge in [-0.15, -0.1) is 11.8 Å². The minimum atomic E-state index is -0.163. The van der Waals surface area contributed by atoms with Gasteiger partial charge in [0.15, 0.2) is 0 Å². The zero-order chi connectivity index (χ0) is 21.3. The summed E-state index contributed by atoms with van der Waals surface area (Å²) in [6.07, 6.45) is 5.96. The number of nitrogens with one attached hydrogen (secondary N) is 1. The minimum absolute atomic E-state index is 0.153. The normalized spacial score (nSPS) is 14.7. The average molecular weight is 443 g/mol. The van der Waals surface area contributed by atoms with Crippen molar-refractivity contribution in [1.29, 1.82) is 0 Å². The van der Waals surface area contributed by atoms with Crippen LogP contribution < -0.4 is 10.9 Å². The van der Waals surface area contributed by atoms with Gasteiger partial charge >= 0.3 is 0 Å². The first-order valence-electron chi connectivity index (χ1n) is 10.5. The molecule has 1 aliphatic rings. The molecule has 0 unspecified atom stereocenters. The second-order valence-electron chi connectivity index (χ2n) is 8.38. The van der Waals surface area contributed by atoms with Gasteiger partial charge in [0.25, 0.3) is 5.56 Å². The lowest BCUT2D eigenvalue weighted by Gasteiger charge is -2.17. The second-order valence-corrected chi connectivity index (χ2v) is 9.89. The van der Waals surface area contributed by atoms with Crippen molar-refractivity contribution in [3.63, 3.8) is 0 Å². The van der Waals surface area contributed by atoms with Crippen LogP contribution in [0.2, 0.25) is 5.02 Å². The molecule has 158 valence electrons. The number of aromatic nitrogens is 3. The van der Waals surface area contributed by atoms with Gasteiger partial charge in [0.05, 0.1) is 0 Å². The van der Waals surface area contributed by atoms with E-state index in [1.54, 1.807) is 16.8 Å². The molecular weight excluding hydrogens is 416 g/mol. The highest BCUT2D eigenvalue weighted by Crippen LogP contribution is 2.32. The summed E-state index contributed by atoms with van der Waals surface area (Å²) in [6.45, 7) is 6.54. The molecule has 2 heterocycles. The van der Waals surface area contributed by atoms with E-state index in [0.717, 1.165) is 48.1 Å². The summed E-state index contributed by atoms with van der Waals surface area (Å²) < 4.78 is 1.77. The van der Waals surface area contributed by atoms with Gasteiger partial charge in [0.2, 0.25) is 5.95 Å². The Morgan fingerprint density at radius 2 is 2.03 bits per heavy atom. The Morgan fingerprint density at radius 3 is 2.73 bits per heavy atom. The number of pyridine rings is 1. The maximum absolute atomic E-state index is 12.8. The SMILES string of the molecule is Cc1cc(SCC(C)C)ccc1Nc1ncc2cc(Cl)c(=O)n(C3CCCC3)c2n1. The van der Waals surface area contributed by atoms with Gasteiger partial charge in [-0.1, -0.05) is 38.3 Å². The molecule has 0 radical (unpaired) electrons. The molecule has 4 rings (SSSR count). The van der Waals surface area contributed by atoms with Crippen molar-refractivity contribution < 1.29 is 0 Å². The first kappa shape index (κ1) is 21.2. The van der Waals surface area contributed by atoms with Crippen molar-refractivity contribution in [2.75, 3.05) is 11.1 Å². The number of benzene rings is 1. The van der Waals surface area contributed by atoms with E-state index in [4.69, 9.17) is 16.6 Å². The third kappa shape index (κ3) is 4.49. The van der Waals surface area contributed by atoms with Crippen LogP contribution in [0, 0.1) is 12.8 Å². The quantitative estimate of drug-likeness (QED) is 0.450. The molecule has 1 N–H and O–H groups in total. The number of hydrogen-bond acceptors (Lipinski definition) is 5. The summed E-state index contributed by atoms with van der Waals surface area (Å²) in [5, 5.41) is 4.34. The Labute approximate surface area is 186 Å². The van der Waals surface area contributed by atoms with Crippen molar-refractivity contribution in [3.8, 4) is 0 Å². The molecule has 7 heteroatoms. The lowest BCUT2D eigenvalue weighted by molar-refractivity contribution is 0.516. The molecule has 2 aromatic heterocycles. The third-order valence-corrected chi connectivity index (χ3v) is 7.14. The van der Waals surface area contributed by atoms with Crippen molar-refractivity contribution in [2.24, 2.45) is 5.92 Å². The number of fused-ring (bicyclic) bond motifs is 1. The zero-order valence-corrected chi connectivity index (χ0v) is 19.2. The van der Waals surface area contributed by atoms with Crippen LogP contribution in [-0.4, -0.2) is 20.3 Å². The number of thioether (sulfide) groups is 1. The molecule has 0 saturated heterocycles. The van der Waals surface area contributed by atoms with Crippen LogP contribution in [-0.2, 0) is 0 Å².